The molecule has 2 rings (SSSR count). The lowest BCUT2D eigenvalue weighted by Crippen LogP contribution is -2.13. The minimum atomic E-state index is -3.68. The number of sulfonamides is 1. The van der Waals surface area contributed by atoms with Gasteiger partial charge in [-0.3, -0.25) is 9.52 Å². The van der Waals surface area contributed by atoms with Gasteiger partial charge in [-0.1, -0.05) is 24.3 Å². The zero-order valence-electron chi connectivity index (χ0n) is 10.4. The van der Waals surface area contributed by atoms with Crippen molar-refractivity contribution >= 4 is 21.8 Å². The molecule has 0 amide bonds. The second kappa shape index (κ2) is 5.70. The van der Waals surface area contributed by atoms with E-state index in [0.29, 0.717) is 5.56 Å². The molecular formula is C13H12N2O4S. The van der Waals surface area contributed by atoms with Crippen molar-refractivity contribution in [2.24, 2.45) is 0 Å². The van der Waals surface area contributed by atoms with E-state index in [1.54, 1.807) is 18.2 Å². The summed E-state index contributed by atoms with van der Waals surface area (Å²) in [6.07, 6.45) is 1.18. The molecule has 104 valence electrons. The summed E-state index contributed by atoms with van der Waals surface area (Å²) < 4.78 is 26.4. The lowest BCUT2D eigenvalue weighted by Gasteiger charge is -2.07. The maximum atomic E-state index is 12.0. The standard InChI is InChI=1S/C13H12N2O4S/c16-13(17)8-10-6-7-12(14-9-10)15-20(18,19)11-4-2-1-3-5-11/h1-7,9H,8H2,(H,14,15)(H,16,17). The van der Waals surface area contributed by atoms with Gasteiger partial charge < -0.3 is 5.11 Å². The summed E-state index contributed by atoms with van der Waals surface area (Å²) in [7, 11) is -3.68. The fraction of sp³-hybridized carbons (Fsp3) is 0.0769. The monoisotopic (exact) mass is 292 g/mol. The summed E-state index contributed by atoms with van der Waals surface area (Å²) in [5, 5.41) is 8.63. The minimum Gasteiger partial charge on any atom is -0.481 e. The first-order valence-electron chi connectivity index (χ1n) is 5.72. The van der Waals surface area contributed by atoms with Gasteiger partial charge in [0.05, 0.1) is 11.3 Å². The van der Waals surface area contributed by atoms with E-state index in [9.17, 15) is 13.2 Å². The molecule has 2 N–H and O–H groups in total. The van der Waals surface area contributed by atoms with Crippen LogP contribution in [0.15, 0.2) is 53.6 Å². The molecule has 7 heteroatoms. The van der Waals surface area contributed by atoms with Crippen molar-refractivity contribution in [2.45, 2.75) is 11.3 Å². The third-order valence-electron chi connectivity index (χ3n) is 2.47. The van der Waals surface area contributed by atoms with E-state index in [-0.39, 0.29) is 17.1 Å². The van der Waals surface area contributed by atoms with Gasteiger partial charge >= 0.3 is 5.97 Å². The summed E-state index contributed by atoms with van der Waals surface area (Å²) in [5.74, 6) is -0.826. The summed E-state index contributed by atoms with van der Waals surface area (Å²) in [5.41, 5.74) is 0.500. The maximum Gasteiger partial charge on any atom is 0.307 e. The normalized spacial score (nSPS) is 11.0. The molecule has 0 bridgehead atoms. The number of carbonyl (C=O) groups is 1. The zero-order chi connectivity index (χ0) is 14.6. The number of aromatic nitrogens is 1. The number of hydrogen-bond donors (Lipinski definition) is 2. The molecule has 2 aromatic rings. The summed E-state index contributed by atoms with van der Waals surface area (Å²) in [4.78, 5) is 14.6. The fourth-order valence-corrected chi connectivity index (χ4v) is 2.59. The molecule has 1 aromatic carbocycles. The van der Waals surface area contributed by atoms with Crippen LogP contribution in [-0.2, 0) is 21.2 Å². The number of nitrogens with zero attached hydrogens (tertiary/aromatic N) is 1. The van der Waals surface area contributed by atoms with E-state index < -0.39 is 16.0 Å². The number of pyridine rings is 1. The largest absolute Gasteiger partial charge is 0.481 e. The number of anilines is 1. The number of carboxylic acid groups (broad SMARTS) is 1. The van der Waals surface area contributed by atoms with Crippen LogP contribution in [0.2, 0.25) is 0 Å². The number of carboxylic acids is 1. The van der Waals surface area contributed by atoms with E-state index in [0.717, 1.165) is 0 Å². The quantitative estimate of drug-likeness (QED) is 0.870. The Labute approximate surface area is 116 Å². The molecular weight excluding hydrogens is 280 g/mol. The molecule has 0 aliphatic carbocycles. The van der Waals surface area contributed by atoms with Crippen molar-refractivity contribution in [2.75, 3.05) is 4.72 Å². The van der Waals surface area contributed by atoms with Crippen LogP contribution < -0.4 is 4.72 Å². The van der Waals surface area contributed by atoms with Crippen LogP contribution in [0, 0.1) is 0 Å². The van der Waals surface area contributed by atoms with E-state index in [1.807, 2.05) is 0 Å². The summed E-state index contributed by atoms with van der Waals surface area (Å²) >= 11 is 0. The highest BCUT2D eigenvalue weighted by atomic mass is 32.2. The molecule has 0 spiro atoms. The summed E-state index contributed by atoms with van der Waals surface area (Å²) in [6, 6.07) is 10.9. The van der Waals surface area contributed by atoms with E-state index in [4.69, 9.17) is 5.11 Å². The van der Waals surface area contributed by atoms with Crippen LogP contribution in [0.1, 0.15) is 5.56 Å². The number of nitrogens with one attached hydrogen (secondary N) is 1. The van der Waals surface area contributed by atoms with Gasteiger partial charge in [0.25, 0.3) is 10.0 Å². The van der Waals surface area contributed by atoms with Crippen molar-refractivity contribution in [3.63, 3.8) is 0 Å². The SMILES string of the molecule is O=C(O)Cc1ccc(NS(=O)(=O)c2ccccc2)nc1. The maximum absolute atomic E-state index is 12.0. The van der Waals surface area contributed by atoms with Crippen molar-refractivity contribution in [1.82, 2.24) is 4.98 Å². The highest BCUT2D eigenvalue weighted by Crippen LogP contribution is 2.14. The Morgan fingerprint density at radius 1 is 1.15 bits per heavy atom. The molecule has 20 heavy (non-hydrogen) atoms. The highest BCUT2D eigenvalue weighted by molar-refractivity contribution is 7.92. The predicted molar refractivity (Wildman–Crippen MR) is 72.8 cm³/mol. The first-order chi connectivity index (χ1) is 9.47. The highest BCUT2D eigenvalue weighted by Gasteiger charge is 2.14. The third kappa shape index (κ3) is 3.55. The first-order valence-corrected chi connectivity index (χ1v) is 7.20. The van der Waals surface area contributed by atoms with E-state index in [2.05, 4.69) is 9.71 Å². The number of hydrogen-bond acceptors (Lipinski definition) is 4. The van der Waals surface area contributed by atoms with Crippen molar-refractivity contribution in [1.29, 1.82) is 0 Å². The van der Waals surface area contributed by atoms with E-state index >= 15 is 0 Å². The molecule has 1 aromatic heterocycles. The number of aliphatic carboxylic acids is 1. The molecule has 1 heterocycles. The zero-order valence-corrected chi connectivity index (χ0v) is 11.2. The molecule has 0 unspecified atom stereocenters. The van der Waals surface area contributed by atoms with Crippen LogP contribution in [0.3, 0.4) is 0 Å². The average molecular weight is 292 g/mol. The van der Waals surface area contributed by atoms with Crippen molar-refractivity contribution in [3.05, 3.63) is 54.2 Å². The minimum absolute atomic E-state index is 0.136. The van der Waals surface area contributed by atoms with Crippen molar-refractivity contribution in [3.8, 4) is 0 Å². The van der Waals surface area contributed by atoms with Gasteiger partial charge in [0.15, 0.2) is 0 Å². The average Bonchev–Trinajstić information content (AvgIpc) is 2.41. The lowest BCUT2D eigenvalue weighted by molar-refractivity contribution is -0.136. The molecule has 6 nitrogen and oxygen atoms in total. The summed E-state index contributed by atoms with van der Waals surface area (Å²) in [6.45, 7) is 0. The number of rotatable bonds is 5. The Balaban J connectivity index is 2.16. The fourth-order valence-electron chi connectivity index (χ4n) is 1.56. The Hall–Kier alpha value is -2.41. The molecule has 0 atom stereocenters. The van der Waals surface area contributed by atoms with Gasteiger partial charge in [0.2, 0.25) is 0 Å². The van der Waals surface area contributed by atoms with Gasteiger partial charge in [-0.15, -0.1) is 0 Å². The van der Waals surface area contributed by atoms with Crippen molar-refractivity contribution < 1.29 is 18.3 Å². The van der Waals surface area contributed by atoms with Gasteiger partial charge in [-0.25, -0.2) is 13.4 Å². The number of benzene rings is 1. The second-order valence-corrected chi connectivity index (χ2v) is 5.72. The Morgan fingerprint density at radius 3 is 2.40 bits per heavy atom. The van der Waals surface area contributed by atoms with E-state index in [1.165, 1.54) is 30.5 Å². The Kier molecular flexibility index (Phi) is 3.99. The molecule has 0 saturated heterocycles. The van der Waals surface area contributed by atoms with Crippen LogP contribution in [-0.4, -0.2) is 24.5 Å². The Morgan fingerprint density at radius 2 is 1.85 bits per heavy atom. The van der Waals surface area contributed by atoms with Crippen LogP contribution in [0.25, 0.3) is 0 Å². The predicted octanol–water partition coefficient (Wildman–Crippen LogP) is 1.51. The van der Waals surface area contributed by atoms with Gasteiger partial charge in [-0.05, 0) is 23.8 Å². The van der Waals surface area contributed by atoms with Gasteiger partial charge in [0, 0.05) is 6.20 Å². The molecule has 0 aliphatic heterocycles. The van der Waals surface area contributed by atoms with Crippen LogP contribution in [0.4, 0.5) is 5.82 Å². The molecule has 0 aliphatic rings. The van der Waals surface area contributed by atoms with Crippen LogP contribution >= 0.6 is 0 Å². The lowest BCUT2D eigenvalue weighted by atomic mass is 10.2. The van der Waals surface area contributed by atoms with Crippen LogP contribution in [0.5, 0.6) is 0 Å². The molecule has 0 fully saturated rings. The topological polar surface area (TPSA) is 96.4 Å². The molecule has 0 radical (unpaired) electrons. The van der Waals surface area contributed by atoms with Gasteiger partial charge in [-0.2, -0.15) is 0 Å². The molecule has 0 saturated carbocycles. The third-order valence-corrected chi connectivity index (χ3v) is 3.84. The smallest absolute Gasteiger partial charge is 0.307 e. The Bertz CT molecular complexity index is 697. The first kappa shape index (κ1) is 14.0. The van der Waals surface area contributed by atoms with Gasteiger partial charge in [0.1, 0.15) is 5.82 Å². The second-order valence-electron chi connectivity index (χ2n) is 4.04.